The number of anilines is 1. The van der Waals surface area contributed by atoms with Crippen molar-refractivity contribution >= 4 is 5.69 Å². The quantitative estimate of drug-likeness (QED) is 0.908. The third-order valence-electron chi connectivity index (χ3n) is 2.96. The number of pyridine rings is 1. The summed E-state index contributed by atoms with van der Waals surface area (Å²) in [5, 5.41) is 4.30. The first-order valence-electron chi connectivity index (χ1n) is 6.60. The number of hydrogen-bond acceptors (Lipinski definition) is 5. The van der Waals surface area contributed by atoms with Gasteiger partial charge in [0.15, 0.2) is 5.75 Å². The molecule has 6 nitrogen and oxygen atoms in total. The Bertz CT molecular complexity index is 607. The van der Waals surface area contributed by atoms with Crippen molar-refractivity contribution in [1.82, 2.24) is 14.8 Å². The minimum atomic E-state index is 0.406. The molecule has 0 bridgehead atoms. The Morgan fingerprint density at radius 2 is 2.05 bits per heavy atom. The highest BCUT2D eigenvalue weighted by Crippen LogP contribution is 2.29. The maximum absolute atomic E-state index is 5.83. The fraction of sp³-hybridized carbons (Fsp3) is 0.429. The zero-order chi connectivity index (χ0) is 14.7. The Morgan fingerprint density at radius 1 is 1.30 bits per heavy atom. The molecule has 2 aromatic heterocycles. The van der Waals surface area contributed by atoms with E-state index in [9.17, 15) is 0 Å². The van der Waals surface area contributed by atoms with Crippen LogP contribution in [0.4, 0.5) is 5.69 Å². The van der Waals surface area contributed by atoms with Crippen LogP contribution in [0.1, 0.15) is 24.7 Å². The average molecular weight is 276 g/mol. The number of aryl methyl sites for hydroxylation is 2. The van der Waals surface area contributed by atoms with Gasteiger partial charge in [0, 0.05) is 13.1 Å². The Kier molecular flexibility index (Phi) is 4.12. The monoisotopic (exact) mass is 276 g/mol. The molecular weight excluding hydrogens is 256 g/mol. The molecule has 0 radical (unpaired) electrons. The second kappa shape index (κ2) is 5.81. The zero-order valence-corrected chi connectivity index (χ0v) is 12.3. The van der Waals surface area contributed by atoms with Crippen LogP contribution in [0.5, 0.6) is 17.5 Å². The van der Waals surface area contributed by atoms with E-state index in [-0.39, 0.29) is 0 Å². The van der Waals surface area contributed by atoms with Crippen LogP contribution in [-0.4, -0.2) is 21.4 Å². The van der Waals surface area contributed by atoms with Crippen LogP contribution in [0, 0.1) is 13.8 Å². The van der Waals surface area contributed by atoms with E-state index in [4.69, 9.17) is 15.2 Å². The standard InChI is InChI=1S/C14H20N4O2/c1-5-8-19-14-11(15)6-7-12(16-14)20-13-9(2)17-18(4)10(13)3/h6-7H,5,8,15H2,1-4H3. The van der Waals surface area contributed by atoms with E-state index < -0.39 is 0 Å². The summed E-state index contributed by atoms with van der Waals surface area (Å²) in [6.07, 6.45) is 0.896. The van der Waals surface area contributed by atoms with Gasteiger partial charge in [0.25, 0.3) is 0 Å². The maximum atomic E-state index is 5.83. The van der Waals surface area contributed by atoms with E-state index in [1.54, 1.807) is 16.8 Å². The van der Waals surface area contributed by atoms with Crippen molar-refractivity contribution in [2.24, 2.45) is 7.05 Å². The van der Waals surface area contributed by atoms with Gasteiger partial charge in [-0.3, -0.25) is 4.68 Å². The Balaban J connectivity index is 2.25. The van der Waals surface area contributed by atoms with Crippen molar-refractivity contribution in [3.05, 3.63) is 23.5 Å². The van der Waals surface area contributed by atoms with E-state index in [1.807, 2.05) is 27.8 Å². The number of nitrogens with two attached hydrogens (primary N) is 1. The van der Waals surface area contributed by atoms with Crippen molar-refractivity contribution in [3.8, 4) is 17.5 Å². The fourth-order valence-electron chi connectivity index (χ4n) is 1.81. The van der Waals surface area contributed by atoms with Crippen molar-refractivity contribution < 1.29 is 9.47 Å². The molecule has 2 rings (SSSR count). The molecule has 2 heterocycles. The van der Waals surface area contributed by atoms with E-state index in [2.05, 4.69) is 10.1 Å². The second-order valence-electron chi connectivity index (χ2n) is 4.62. The first-order valence-corrected chi connectivity index (χ1v) is 6.60. The van der Waals surface area contributed by atoms with Crippen LogP contribution in [-0.2, 0) is 7.05 Å². The minimum Gasteiger partial charge on any atom is -0.476 e. The van der Waals surface area contributed by atoms with Crippen LogP contribution >= 0.6 is 0 Å². The molecule has 6 heteroatoms. The molecule has 0 atom stereocenters. The summed E-state index contributed by atoms with van der Waals surface area (Å²) < 4.78 is 13.1. The summed E-state index contributed by atoms with van der Waals surface area (Å²) in [6.45, 7) is 6.44. The molecule has 0 aromatic carbocycles. The molecule has 2 aromatic rings. The Hall–Kier alpha value is -2.24. The minimum absolute atomic E-state index is 0.406. The number of nitrogen functional groups attached to an aromatic ring is 1. The Morgan fingerprint density at radius 3 is 2.65 bits per heavy atom. The first-order chi connectivity index (χ1) is 9.52. The third-order valence-corrected chi connectivity index (χ3v) is 2.96. The zero-order valence-electron chi connectivity index (χ0n) is 12.3. The van der Waals surface area contributed by atoms with Gasteiger partial charge in [-0.1, -0.05) is 6.92 Å². The molecule has 0 unspecified atom stereocenters. The van der Waals surface area contributed by atoms with E-state index in [1.165, 1.54) is 0 Å². The molecule has 0 fully saturated rings. The number of rotatable bonds is 5. The molecule has 108 valence electrons. The topological polar surface area (TPSA) is 75.2 Å². The predicted octanol–water partition coefficient (Wildman–Crippen LogP) is 2.60. The van der Waals surface area contributed by atoms with Gasteiger partial charge in [0.1, 0.15) is 5.69 Å². The molecule has 20 heavy (non-hydrogen) atoms. The van der Waals surface area contributed by atoms with Crippen LogP contribution in [0.25, 0.3) is 0 Å². The van der Waals surface area contributed by atoms with Crippen molar-refractivity contribution in [2.45, 2.75) is 27.2 Å². The number of nitrogens with zero attached hydrogens (tertiary/aromatic N) is 3. The number of hydrogen-bond donors (Lipinski definition) is 1. The summed E-state index contributed by atoms with van der Waals surface area (Å²) in [7, 11) is 1.88. The lowest BCUT2D eigenvalue weighted by Crippen LogP contribution is -2.02. The summed E-state index contributed by atoms with van der Waals surface area (Å²) in [5.74, 6) is 1.57. The third kappa shape index (κ3) is 2.84. The molecule has 0 aliphatic rings. The van der Waals surface area contributed by atoms with E-state index in [0.29, 0.717) is 29.8 Å². The predicted molar refractivity (Wildman–Crippen MR) is 77.2 cm³/mol. The summed E-state index contributed by atoms with van der Waals surface area (Å²) in [5.41, 5.74) is 8.09. The van der Waals surface area contributed by atoms with Gasteiger partial charge in [-0.15, -0.1) is 0 Å². The summed E-state index contributed by atoms with van der Waals surface area (Å²) >= 11 is 0. The van der Waals surface area contributed by atoms with Crippen LogP contribution in [0.15, 0.2) is 12.1 Å². The van der Waals surface area contributed by atoms with Crippen LogP contribution in [0.2, 0.25) is 0 Å². The summed E-state index contributed by atoms with van der Waals surface area (Å²) in [6, 6.07) is 3.45. The van der Waals surface area contributed by atoms with Gasteiger partial charge in [0.2, 0.25) is 11.8 Å². The lowest BCUT2D eigenvalue weighted by Gasteiger charge is -2.10. The lowest BCUT2D eigenvalue weighted by atomic mass is 10.3. The molecule has 0 amide bonds. The van der Waals surface area contributed by atoms with E-state index in [0.717, 1.165) is 17.8 Å². The van der Waals surface area contributed by atoms with Crippen LogP contribution < -0.4 is 15.2 Å². The number of ether oxygens (including phenoxy) is 2. The highest BCUT2D eigenvalue weighted by molar-refractivity contribution is 5.50. The fourth-order valence-corrected chi connectivity index (χ4v) is 1.81. The van der Waals surface area contributed by atoms with Gasteiger partial charge in [-0.2, -0.15) is 10.1 Å². The van der Waals surface area contributed by atoms with Gasteiger partial charge >= 0.3 is 0 Å². The molecule has 0 spiro atoms. The molecule has 2 N–H and O–H groups in total. The first kappa shape index (κ1) is 14.2. The smallest absolute Gasteiger partial charge is 0.240 e. The van der Waals surface area contributed by atoms with Crippen molar-refractivity contribution in [3.63, 3.8) is 0 Å². The molecule has 0 aliphatic heterocycles. The lowest BCUT2D eigenvalue weighted by molar-refractivity contribution is 0.302. The highest BCUT2D eigenvalue weighted by atomic mass is 16.5. The number of aromatic nitrogens is 3. The average Bonchev–Trinajstić information content (AvgIpc) is 2.66. The van der Waals surface area contributed by atoms with Gasteiger partial charge < -0.3 is 15.2 Å². The SMILES string of the molecule is CCCOc1nc(Oc2c(C)nn(C)c2C)ccc1N. The molecule has 0 aliphatic carbocycles. The maximum Gasteiger partial charge on any atom is 0.240 e. The van der Waals surface area contributed by atoms with Crippen molar-refractivity contribution in [2.75, 3.05) is 12.3 Å². The molecule has 0 saturated carbocycles. The van der Waals surface area contributed by atoms with Crippen molar-refractivity contribution in [1.29, 1.82) is 0 Å². The largest absolute Gasteiger partial charge is 0.476 e. The van der Waals surface area contributed by atoms with Gasteiger partial charge in [0.05, 0.1) is 18.0 Å². The van der Waals surface area contributed by atoms with E-state index >= 15 is 0 Å². The second-order valence-corrected chi connectivity index (χ2v) is 4.62. The van der Waals surface area contributed by atoms with Gasteiger partial charge in [-0.25, -0.2) is 0 Å². The molecular formula is C14H20N4O2. The van der Waals surface area contributed by atoms with Crippen LogP contribution in [0.3, 0.4) is 0 Å². The Labute approximate surface area is 118 Å². The highest BCUT2D eigenvalue weighted by Gasteiger charge is 2.13. The normalized spacial score (nSPS) is 10.6. The summed E-state index contributed by atoms with van der Waals surface area (Å²) in [4.78, 5) is 4.29. The van der Waals surface area contributed by atoms with Gasteiger partial charge in [-0.05, 0) is 26.3 Å². The molecule has 0 saturated heterocycles.